The number of amides is 1. The molecule has 22 heavy (non-hydrogen) atoms. The number of benzene rings is 1. The molecule has 0 aromatic heterocycles. The number of rotatable bonds is 5. The van der Waals surface area contributed by atoms with Crippen LogP contribution in [0.4, 0.5) is 4.79 Å². The van der Waals surface area contributed by atoms with Gasteiger partial charge in [-0.2, -0.15) is 0 Å². The summed E-state index contributed by atoms with van der Waals surface area (Å²) in [5.41, 5.74) is -1.39. The smallest absolute Gasteiger partial charge is 0.408 e. The van der Waals surface area contributed by atoms with E-state index in [4.69, 9.17) is 9.47 Å². The maximum Gasteiger partial charge on any atom is 0.408 e. The summed E-state index contributed by atoms with van der Waals surface area (Å²) in [6.45, 7) is 6.60. The molecule has 0 aliphatic heterocycles. The molecular weight excluding hydrogens is 286 g/mol. The molecule has 0 aliphatic carbocycles. The molecule has 6 nitrogen and oxygen atoms in total. The number of carboxylic acids is 1. The number of aliphatic carboxylic acids is 1. The average molecular weight is 309 g/mol. The Balaban J connectivity index is 2.86. The van der Waals surface area contributed by atoms with Gasteiger partial charge in [0.15, 0.2) is 0 Å². The lowest BCUT2D eigenvalue weighted by Gasteiger charge is -2.28. The fourth-order valence-electron chi connectivity index (χ4n) is 1.85. The van der Waals surface area contributed by atoms with Gasteiger partial charge >= 0.3 is 12.1 Å². The summed E-state index contributed by atoms with van der Waals surface area (Å²) in [6, 6.07) is 7.00. The number of ether oxygens (including phenoxy) is 2. The lowest BCUT2D eigenvalue weighted by atomic mass is 9.93. The predicted octanol–water partition coefficient (Wildman–Crippen LogP) is 2.61. The molecular formula is C16H23NO5. The van der Waals surface area contributed by atoms with Crippen LogP contribution in [-0.2, 0) is 16.0 Å². The maximum atomic E-state index is 11.9. The first kappa shape index (κ1) is 17.8. The zero-order chi connectivity index (χ0) is 17.0. The highest BCUT2D eigenvalue weighted by atomic mass is 16.6. The predicted molar refractivity (Wildman–Crippen MR) is 82.1 cm³/mol. The number of carbonyl (C=O) groups is 2. The Bertz CT molecular complexity index is 532. The van der Waals surface area contributed by atoms with Crippen LogP contribution in [0.5, 0.6) is 5.75 Å². The Morgan fingerprint density at radius 1 is 1.14 bits per heavy atom. The first-order valence-electron chi connectivity index (χ1n) is 6.93. The summed E-state index contributed by atoms with van der Waals surface area (Å²) in [7, 11) is 1.56. The van der Waals surface area contributed by atoms with Gasteiger partial charge in [-0.05, 0) is 45.4 Å². The molecule has 1 aromatic rings. The minimum Gasteiger partial charge on any atom is -0.497 e. The monoisotopic (exact) mass is 309 g/mol. The highest BCUT2D eigenvalue weighted by molar-refractivity contribution is 5.84. The van der Waals surface area contributed by atoms with E-state index in [1.165, 1.54) is 6.92 Å². The third kappa shape index (κ3) is 5.27. The normalized spacial score (nSPS) is 13.9. The fourth-order valence-corrected chi connectivity index (χ4v) is 1.85. The highest BCUT2D eigenvalue weighted by Gasteiger charge is 2.36. The lowest BCUT2D eigenvalue weighted by molar-refractivity contribution is -0.144. The second-order valence-corrected chi connectivity index (χ2v) is 6.29. The Kier molecular flexibility index (Phi) is 5.41. The second kappa shape index (κ2) is 6.68. The van der Waals surface area contributed by atoms with Gasteiger partial charge in [-0.3, -0.25) is 0 Å². The number of hydrogen-bond donors (Lipinski definition) is 2. The first-order valence-corrected chi connectivity index (χ1v) is 6.93. The van der Waals surface area contributed by atoms with Crippen LogP contribution in [0, 0.1) is 0 Å². The van der Waals surface area contributed by atoms with Crippen molar-refractivity contribution in [3.05, 3.63) is 29.8 Å². The van der Waals surface area contributed by atoms with E-state index in [0.29, 0.717) is 5.75 Å². The zero-order valence-electron chi connectivity index (χ0n) is 13.6. The van der Waals surface area contributed by atoms with Crippen molar-refractivity contribution in [3.8, 4) is 5.75 Å². The number of alkyl carbamates (subject to hydrolysis) is 1. The zero-order valence-corrected chi connectivity index (χ0v) is 13.6. The van der Waals surface area contributed by atoms with Crippen LogP contribution in [0.1, 0.15) is 33.3 Å². The lowest BCUT2D eigenvalue weighted by Crippen LogP contribution is -2.54. The Labute approximate surface area is 130 Å². The quantitative estimate of drug-likeness (QED) is 0.873. The van der Waals surface area contributed by atoms with Crippen molar-refractivity contribution >= 4 is 12.1 Å². The van der Waals surface area contributed by atoms with E-state index in [-0.39, 0.29) is 6.42 Å². The van der Waals surface area contributed by atoms with Gasteiger partial charge in [0.1, 0.15) is 16.9 Å². The van der Waals surface area contributed by atoms with E-state index in [9.17, 15) is 14.7 Å². The van der Waals surface area contributed by atoms with E-state index in [1.54, 1.807) is 52.1 Å². The van der Waals surface area contributed by atoms with Gasteiger partial charge in [-0.1, -0.05) is 12.1 Å². The van der Waals surface area contributed by atoms with Gasteiger partial charge in [0.25, 0.3) is 0 Å². The Hall–Kier alpha value is -2.24. The maximum absolute atomic E-state index is 11.9. The average Bonchev–Trinajstić information content (AvgIpc) is 2.36. The minimum atomic E-state index is -1.46. The number of carbonyl (C=O) groups excluding carboxylic acids is 1. The molecule has 0 saturated carbocycles. The van der Waals surface area contributed by atoms with Crippen molar-refractivity contribution in [1.82, 2.24) is 5.32 Å². The fraction of sp³-hybridized carbons (Fsp3) is 0.500. The van der Waals surface area contributed by atoms with Crippen LogP contribution < -0.4 is 10.1 Å². The van der Waals surface area contributed by atoms with Crippen molar-refractivity contribution in [2.75, 3.05) is 7.11 Å². The summed E-state index contributed by atoms with van der Waals surface area (Å²) in [5.74, 6) is -0.449. The van der Waals surface area contributed by atoms with Crippen LogP contribution in [0.25, 0.3) is 0 Å². The van der Waals surface area contributed by atoms with E-state index in [1.807, 2.05) is 0 Å². The Morgan fingerprint density at radius 2 is 1.68 bits per heavy atom. The molecule has 0 spiro atoms. The third-order valence-electron chi connectivity index (χ3n) is 2.97. The molecule has 2 N–H and O–H groups in total. The molecule has 1 aromatic carbocycles. The molecule has 0 fully saturated rings. The molecule has 0 bridgehead atoms. The van der Waals surface area contributed by atoms with E-state index < -0.39 is 23.2 Å². The number of hydrogen-bond acceptors (Lipinski definition) is 4. The summed E-state index contributed by atoms with van der Waals surface area (Å²) in [6.07, 6.45) is -0.628. The molecule has 1 rings (SSSR count). The SMILES string of the molecule is COc1ccc(C[C@@](C)(NC(=O)OC(C)(C)C)C(=O)O)cc1. The van der Waals surface area contributed by atoms with E-state index in [2.05, 4.69) is 5.32 Å². The summed E-state index contributed by atoms with van der Waals surface area (Å²) in [4.78, 5) is 23.4. The standard InChI is InChI=1S/C16H23NO5/c1-15(2,3)22-14(20)17-16(4,13(18)19)10-11-6-8-12(21-5)9-7-11/h6-9H,10H2,1-5H3,(H,17,20)(H,18,19)/t16-/m1/s1. The third-order valence-corrected chi connectivity index (χ3v) is 2.97. The van der Waals surface area contributed by atoms with Gasteiger partial charge in [-0.25, -0.2) is 9.59 Å². The number of carboxylic acid groups (broad SMARTS) is 1. The van der Waals surface area contributed by atoms with Crippen LogP contribution >= 0.6 is 0 Å². The van der Waals surface area contributed by atoms with Crippen molar-refractivity contribution in [2.24, 2.45) is 0 Å². The molecule has 122 valence electrons. The largest absolute Gasteiger partial charge is 0.497 e. The molecule has 6 heteroatoms. The molecule has 0 heterocycles. The molecule has 0 saturated heterocycles. The summed E-state index contributed by atoms with van der Waals surface area (Å²) < 4.78 is 10.2. The van der Waals surface area contributed by atoms with Crippen LogP contribution in [0.3, 0.4) is 0 Å². The van der Waals surface area contributed by atoms with E-state index in [0.717, 1.165) is 5.56 Å². The van der Waals surface area contributed by atoms with Gasteiger partial charge in [0.2, 0.25) is 0 Å². The van der Waals surface area contributed by atoms with Gasteiger partial charge in [-0.15, -0.1) is 0 Å². The molecule has 0 unspecified atom stereocenters. The second-order valence-electron chi connectivity index (χ2n) is 6.29. The number of methoxy groups -OCH3 is 1. The number of nitrogens with one attached hydrogen (secondary N) is 1. The first-order chi connectivity index (χ1) is 10.1. The van der Waals surface area contributed by atoms with E-state index >= 15 is 0 Å². The Morgan fingerprint density at radius 3 is 2.09 bits per heavy atom. The van der Waals surface area contributed by atoms with Crippen molar-refractivity contribution in [2.45, 2.75) is 45.3 Å². The van der Waals surface area contributed by atoms with Gasteiger partial charge < -0.3 is 19.9 Å². The van der Waals surface area contributed by atoms with Crippen LogP contribution in [0.15, 0.2) is 24.3 Å². The van der Waals surface area contributed by atoms with Crippen molar-refractivity contribution < 1.29 is 24.2 Å². The summed E-state index contributed by atoms with van der Waals surface area (Å²) in [5, 5.41) is 11.9. The van der Waals surface area contributed by atoms with Crippen molar-refractivity contribution in [1.29, 1.82) is 0 Å². The van der Waals surface area contributed by atoms with Gasteiger partial charge in [0.05, 0.1) is 7.11 Å². The van der Waals surface area contributed by atoms with Crippen LogP contribution in [-0.4, -0.2) is 35.4 Å². The van der Waals surface area contributed by atoms with Gasteiger partial charge in [0, 0.05) is 6.42 Å². The molecule has 1 atom stereocenters. The summed E-state index contributed by atoms with van der Waals surface area (Å²) >= 11 is 0. The molecule has 1 amide bonds. The van der Waals surface area contributed by atoms with Crippen molar-refractivity contribution in [3.63, 3.8) is 0 Å². The minimum absolute atomic E-state index is 0.131. The molecule has 0 aliphatic rings. The topological polar surface area (TPSA) is 84.9 Å². The molecule has 0 radical (unpaired) electrons. The highest BCUT2D eigenvalue weighted by Crippen LogP contribution is 2.18. The van der Waals surface area contributed by atoms with Crippen LogP contribution in [0.2, 0.25) is 0 Å².